The molecule has 1 aromatic carbocycles. The number of hydrogen-bond donors (Lipinski definition) is 2. The zero-order chi connectivity index (χ0) is 22.3. The lowest BCUT2D eigenvalue weighted by Crippen LogP contribution is -2.29. The number of carboxylic acid groups (broad SMARTS) is 1. The monoisotopic (exact) mass is 445 g/mol. The molecule has 11 nitrogen and oxygen atoms in total. The summed E-state index contributed by atoms with van der Waals surface area (Å²) in [4.78, 5) is 26.8. The van der Waals surface area contributed by atoms with Crippen molar-refractivity contribution in [3.63, 3.8) is 0 Å². The first-order chi connectivity index (χ1) is 14.6. The predicted molar refractivity (Wildman–Crippen MR) is 111 cm³/mol. The largest absolute Gasteiger partial charge is 0.464 e. The van der Waals surface area contributed by atoms with Crippen molar-refractivity contribution in [2.45, 2.75) is 30.2 Å². The number of nitrogens with one attached hydrogen (secondary N) is 1. The third-order valence-electron chi connectivity index (χ3n) is 5.06. The molecule has 1 aliphatic rings. The molecule has 0 spiro atoms. The van der Waals surface area contributed by atoms with Crippen LogP contribution in [-0.2, 0) is 16.6 Å². The average Bonchev–Trinajstić information content (AvgIpc) is 3.46. The highest BCUT2D eigenvalue weighted by atomic mass is 32.2. The topological polar surface area (TPSA) is 147 Å². The molecule has 2 aromatic heterocycles. The van der Waals surface area contributed by atoms with Gasteiger partial charge in [-0.25, -0.2) is 22.9 Å². The van der Waals surface area contributed by atoms with E-state index in [1.54, 1.807) is 11.9 Å². The van der Waals surface area contributed by atoms with E-state index in [2.05, 4.69) is 17.2 Å². The molecule has 0 radical (unpaired) electrons. The van der Waals surface area contributed by atoms with Gasteiger partial charge in [-0.15, -0.1) is 0 Å². The fourth-order valence-corrected chi connectivity index (χ4v) is 4.41. The summed E-state index contributed by atoms with van der Waals surface area (Å²) in [5.41, 5.74) is 2.47. The van der Waals surface area contributed by atoms with Crippen LogP contribution in [0.3, 0.4) is 0 Å². The quantitative estimate of drug-likeness (QED) is 0.417. The molecule has 1 fully saturated rings. The Morgan fingerprint density at radius 3 is 2.71 bits per heavy atom. The van der Waals surface area contributed by atoms with Crippen LogP contribution in [0.5, 0.6) is 0 Å². The number of anilines is 1. The van der Waals surface area contributed by atoms with Gasteiger partial charge in [0.1, 0.15) is 5.65 Å². The number of fused-ring (bicyclic) bond motifs is 1. The smallest absolute Gasteiger partial charge is 0.418 e. The maximum Gasteiger partial charge on any atom is 0.418 e. The average molecular weight is 445 g/mol. The van der Waals surface area contributed by atoms with Crippen molar-refractivity contribution >= 4 is 33.1 Å². The second-order valence-electron chi connectivity index (χ2n) is 7.41. The molecular formula is C19H19N5O6S. The van der Waals surface area contributed by atoms with Crippen molar-refractivity contribution in [2.24, 2.45) is 0 Å². The van der Waals surface area contributed by atoms with Gasteiger partial charge in [-0.05, 0) is 42.5 Å². The van der Waals surface area contributed by atoms with Gasteiger partial charge < -0.3 is 14.4 Å². The molecule has 0 atom stereocenters. The Balaban J connectivity index is 1.60. The van der Waals surface area contributed by atoms with E-state index in [9.17, 15) is 23.3 Å². The minimum absolute atomic E-state index is 0.330. The van der Waals surface area contributed by atoms with Crippen molar-refractivity contribution in [3.05, 3.63) is 64.1 Å². The molecule has 31 heavy (non-hydrogen) atoms. The first-order valence-corrected chi connectivity index (χ1v) is 10.9. The van der Waals surface area contributed by atoms with Crippen LogP contribution in [0.15, 0.2) is 47.6 Å². The van der Waals surface area contributed by atoms with Crippen molar-refractivity contribution in [3.8, 4) is 0 Å². The molecule has 0 unspecified atom stereocenters. The molecule has 0 aliphatic heterocycles. The Kier molecular flexibility index (Phi) is 5.01. The number of nitro groups is 1. The second kappa shape index (κ2) is 7.54. The SMILES string of the molecule is CN(Cc1cn2cc(C3CC3)ccc2n1)c1ccc(S(=O)(=O)NC(=O)O)c([N+](=O)[O-])c1. The molecule has 1 saturated carbocycles. The Morgan fingerprint density at radius 1 is 1.32 bits per heavy atom. The van der Waals surface area contributed by atoms with Crippen LogP contribution in [0.25, 0.3) is 5.65 Å². The number of hydrogen-bond acceptors (Lipinski definition) is 7. The lowest BCUT2D eigenvalue weighted by atomic mass is 10.2. The van der Waals surface area contributed by atoms with E-state index in [4.69, 9.17) is 5.11 Å². The van der Waals surface area contributed by atoms with Crippen LogP contribution in [0.4, 0.5) is 16.2 Å². The maximum absolute atomic E-state index is 12.1. The van der Waals surface area contributed by atoms with Gasteiger partial charge in [0.05, 0.1) is 17.2 Å². The highest BCUT2D eigenvalue weighted by Crippen LogP contribution is 2.40. The summed E-state index contributed by atoms with van der Waals surface area (Å²) in [6.45, 7) is 0.330. The Morgan fingerprint density at radius 2 is 2.06 bits per heavy atom. The van der Waals surface area contributed by atoms with Crippen LogP contribution in [0, 0.1) is 10.1 Å². The summed E-state index contributed by atoms with van der Waals surface area (Å²) in [5.74, 6) is 0.615. The summed E-state index contributed by atoms with van der Waals surface area (Å²) in [6.07, 6.45) is 4.52. The molecule has 12 heteroatoms. The number of pyridine rings is 1. The fraction of sp³-hybridized carbons (Fsp3) is 0.263. The zero-order valence-electron chi connectivity index (χ0n) is 16.4. The van der Waals surface area contributed by atoms with E-state index in [0.29, 0.717) is 18.2 Å². The van der Waals surface area contributed by atoms with Crippen LogP contribution < -0.4 is 9.62 Å². The van der Waals surface area contributed by atoms with E-state index in [1.807, 2.05) is 16.7 Å². The first kappa shape index (κ1) is 20.6. The number of aromatic nitrogens is 2. The van der Waals surface area contributed by atoms with Gasteiger partial charge in [-0.2, -0.15) is 0 Å². The highest BCUT2D eigenvalue weighted by molar-refractivity contribution is 7.90. The Bertz CT molecular complexity index is 1300. The minimum atomic E-state index is -4.59. The third-order valence-corrected chi connectivity index (χ3v) is 6.43. The van der Waals surface area contributed by atoms with E-state index < -0.39 is 31.6 Å². The third kappa shape index (κ3) is 4.28. The number of nitro benzene ring substituents is 1. The molecule has 1 amide bonds. The number of nitrogens with zero attached hydrogens (tertiary/aromatic N) is 4. The molecule has 0 saturated heterocycles. The van der Waals surface area contributed by atoms with E-state index in [-0.39, 0.29) is 0 Å². The second-order valence-corrected chi connectivity index (χ2v) is 9.06. The number of benzene rings is 1. The van der Waals surface area contributed by atoms with Crippen LogP contribution in [0.1, 0.15) is 30.0 Å². The molecule has 4 rings (SSSR count). The zero-order valence-corrected chi connectivity index (χ0v) is 17.2. The van der Waals surface area contributed by atoms with Crippen molar-refractivity contribution in [1.29, 1.82) is 0 Å². The van der Waals surface area contributed by atoms with E-state index in [1.165, 1.54) is 29.2 Å². The normalized spacial score (nSPS) is 13.8. The predicted octanol–water partition coefficient (Wildman–Crippen LogP) is 2.71. The van der Waals surface area contributed by atoms with Crippen molar-refractivity contribution in [2.75, 3.05) is 11.9 Å². The summed E-state index contributed by atoms with van der Waals surface area (Å²) >= 11 is 0. The van der Waals surface area contributed by atoms with Gasteiger partial charge in [0.15, 0.2) is 4.90 Å². The van der Waals surface area contributed by atoms with Gasteiger partial charge in [0.25, 0.3) is 15.7 Å². The number of imidazole rings is 1. The number of carbonyl (C=O) groups is 1. The minimum Gasteiger partial charge on any atom is -0.464 e. The first-order valence-electron chi connectivity index (χ1n) is 9.37. The van der Waals surface area contributed by atoms with E-state index >= 15 is 0 Å². The summed E-state index contributed by atoms with van der Waals surface area (Å²) < 4.78 is 27.5. The van der Waals surface area contributed by atoms with Gasteiger partial charge in [-0.1, -0.05) is 6.07 Å². The highest BCUT2D eigenvalue weighted by Gasteiger charge is 2.28. The summed E-state index contributed by atoms with van der Waals surface area (Å²) in [7, 11) is -2.89. The molecule has 1 aliphatic carbocycles. The van der Waals surface area contributed by atoms with Crippen LogP contribution in [0.2, 0.25) is 0 Å². The maximum atomic E-state index is 12.1. The molecule has 3 aromatic rings. The number of sulfonamides is 1. The Hall–Kier alpha value is -3.67. The number of amides is 1. The standard InChI is InChI=1S/C19H19N5O6S/c1-22(10-14-11-23-9-13(12-2-3-12)4-7-18(23)20-14)15-5-6-17(16(8-15)24(27)28)31(29,30)21-19(25)26/h4-9,11-12,21H,2-3,10H2,1H3,(H,25,26). The number of rotatable bonds is 7. The lowest BCUT2D eigenvalue weighted by Gasteiger charge is -2.18. The molecule has 2 N–H and O–H groups in total. The van der Waals surface area contributed by atoms with Gasteiger partial charge in [0.2, 0.25) is 0 Å². The van der Waals surface area contributed by atoms with Crippen LogP contribution >= 0.6 is 0 Å². The molecule has 162 valence electrons. The van der Waals surface area contributed by atoms with Crippen LogP contribution in [-0.4, -0.2) is 41.0 Å². The Labute approximate surface area is 177 Å². The van der Waals surface area contributed by atoms with E-state index in [0.717, 1.165) is 23.5 Å². The molecular weight excluding hydrogens is 426 g/mol. The lowest BCUT2D eigenvalue weighted by molar-refractivity contribution is -0.387. The summed E-state index contributed by atoms with van der Waals surface area (Å²) in [5, 5.41) is 20.1. The van der Waals surface area contributed by atoms with Gasteiger partial charge >= 0.3 is 6.09 Å². The molecule has 0 bridgehead atoms. The van der Waals surface area contributed by atoms with Crippen molar-refractivity contribution in [1.82, 2.24) is 14.1 Å². The fourth-order valence-electron chi connectivity index (χ4n) is 3.41. The summed E-state index contributed by atoms with van der Waals surface area (Å²) in [6, 6.07) is 7.51. The van der Waals surface area contributed by atoms with Crippen molar-refractivity contribution < 1.29 is 23.2 Å². The molecule has 2 heterocycles. The van der Waals surface area contributed by atoms with Gasteiger partial charge in [-0.3, -0.25) is 10.1 Å². The van der Waals surface area contributed by atoms with Gasteiger partial charge in [0, 0.05) is 31.2 Å².